The van der Waals surface area contributed by atoms with Gasteiger partial charge in [-0.25, -0.2) is 21.6 Å². The molecule has 1 aliphatic rings. The number of carbonyl (C=O) groups excluding carboxylic acids is 1. The fraction of sp³-hybridized carbons (Fsp3) is 0.214. The van der Waals surface area contributed by atoms with Crippen LogP contribution in [0.5, 0.6) is 0 Å². The smallest absolute Gasteiger partial charge is 0.264 e. The zero-order valence-electron chi connectivity index (χ0n) is 20.8. The van der Waals surface area contributed by atoms with E-state index in [9.17, 15) is 26.4 Å². The van der Waals surface area contributed by atoms with Crippen molar-refractivity contribution in [3.63, 3.8) is 0 Å². The van der Waals surface area contributed by atoms with Gasteiger partial charge in [0.2, 0.25) is 0 Å². The molecule has 39 heavy (non-hydrogen) atoms. The van der Waals surface area contributed by atoms with Gasteiger partial charge in [0.25, 0.3) is 15.9 Å². The molecule has 0 bridgehead atoms. The van der Waals surface area contributed by atoms with Crippen molar-refractivity contribution >= 4 is 32.5 Å². The third kappa shape index (κ3) is 5.89. The van der Waals surface area contributed by atoms with Gasteiger partial charge in [0, 0.05) is 61.6 Å². The minimum Gasteiger partial charge on any atom is -0.336 e. The van der Waals surface area contributed by atoms with Gasteiger partial charge in [0.05, 0.1) is 5.52 Å². The zero-order valence-corrected chi connectivity index (χ0v) is 21.6. The van der Waals surface area contributed by atoms with Crippen LogP contribution in [0.3, 0.4) is 0 Å². The number of halogens is 3. The van der Waals surface area contributed by atoms with E-state index < -0.39 is 27.5 Å². The lowest BCUT2D eigenvalue weighted by Gasteiger charge is -2.34. The van der Waals surface area contributed by atoms with Gasteiger partial charge in [-0.05, 0) is 54.4 Å². The Hall–Kier alpha value is -3.96. The molecule has 1 aliphatic heterocycles. The maximum atomic E-state index is 13.9. The quantitative estimate of drug-likeness (QED) is 0.342. The Morgan fingerprint density at radius 2 is 1.64 bits per heavy atom. The Bertz CT molecular complexity index is 1620. The first kappa shape index (κ1) is 26.6. The monoisotopic (exact) mass is 554 g/mol. The molecule has 5 rings (SSSR count). The van der Waals surface area contributed by atoms with E-state index in [1.165, 1.54) is 24.4 Å². The third-order valence-electron chi connectivity index (χ3n) is 6.69. The number of fused-ring (bicyclic) bond motifs is 1. The molecular formula is C28H25F3N4O3S. The molecule has 202 valence electrons. The van der Waals surface area contributed by atoms with E-state index in [4.69, 9.17) is 0 Å². The number of hydrogen-bond acceptors (Lipinski definition) is 5. The summed E-state index contributed by atoms with van der Waals surface area (Å²) in [6.45, 7) is 2.33. The number of carbonyl (C=O) groups is 1. The first-order valence-electron chi connectivity index (χ1n) is 12.3. The summed E-state index contributed by atoms with van der Waals surface area (Å²) in [6, 6.07) is 16.2. The van der Waals surface area contributed by atoms with Gasteiger partial charge in [-0.2, -0.15) is 0 Å². The number of benzene rings is 3. The Labute approximate surface area is 223 Å². The van der Waals surface area contributed by atoms with Crippen molar-refractivity contribution in [2.75, 3.05) is 37.4 Å². The maximum absolute atomic E-state index is 13.9. The summed E-state index contributed by atoms with van der Waals surface area (Å²) in [6.07, 6.45) is 1.69. The molecule has 11 heteroatoms. The van der Waals surface area contributed by atoms with Gasteiger partial charge in [-0.1, -0.05) is 18.2 Å². The molecule has 1 amide bonds. The largest absolute Gasteiger partial charge is 0.336 e. The van der Waals surface area contributed by atoms with Crippen molar-refractivity contribution in [3.8, 4) is 0 Å². The Balaban J connectivity index is 1.18. The van der Waals surface area contributed by atoms with Crippen molar-refractivity contribution in [1.82, 2.24) is 14.8 Å². The van der Waals surface area contributed by atoms with E-state index in [1.54, 1.807) is 41.3 Å². The van der Waals surface area contributed by atoms with Crippen molar-refractivity contribution in [2.24, 2.45) is 0 Å². The number of amides is 1. The number of nitrogens with zero attached hydrogens (tertiary/aromatic N) is 3. The molecule has 1 saturated heterocycles. The van der Waals surface area contributed by atoms with Gasteiger partial charge >= 0.3 is 0 Å². The lowest BCUT2D eigenvalue weighted by Crippen LogP contribution is -2.49. The highest BCUT2D eigenvalue weighted by Gasteiger charge is 2.23. The molecule has 1 fully saturated rings. The molecule has 0 aliphatic carbocycles. The summed E-state index contributed by atoms with van der Waals surface area (Å²) in [5.74, 6) is -3.25. The van der Waals surface area contributed by atoms with Crippen LogP contribution in [0.25, 0.3) is 10.9 Å². The Kier molecular flexibility index (Phi) is 7.53. The first-order valence-corrected chi connectivity index (χ1v) is 13.8. The number of aromatic nitrogens is 1. The van der Waals surface area contributed by atoms with E-state index in [1.807, 2.05) is 4.90 Å². The van der Waals surface area contributed by atoms with E-state index in [0.717, 1.165) is 6.07 Å². The zero-order chi connectivity index (χ0) is 27.6. The number of pyridine rings is 1. The molecule has 3 aromatic carbocycles. The van der Waals surface area contributed by atoms with Crippen LogP contribution in [-0.4, -0.2) is 61.8 Å². The topological polar surface area (TPSA) is 82.6 Å². The number of nitrogens with one attached hydrogen (secondary N) is 1. The molecule has 1 aromatic heterocycles. The highest BCUT2D eigenvalue weighted by Crippen LogP contribution is 2.24. The number of sulfonamides is 1. The predicted octanol–water partition coefficient (Wildman–Crippen LogP) is 4.45. The summed E-state index contributed by atoms with van der Waals surface area (Å²) in [7, 11) is -3.91. The molecule has 2 heterocycles. The fourth-order valence-electron chi connectivity index (χ4n) is 4.61. The average Bonchev–Trinajstić information content (AvgIpc) is 2.94. The van der Waals surface area contributed by atoms with Crippen molar-refractivity contribution < 1.29 is 26.4 Å². The van der Waals surface area contributed by atoms with Crippen LogP contribution in [0.1, 0.15) is 15.9 Å². The van der Waals surface area contributed by atoms with Crippen LogP contribution in [0, 0.1) is 17.5 Å². The molecule has 4 aromatic rings. The molecule has 0 radical (unpaired) electrons. The second kappa shape index (κ2) is 11.0. The Morgan fingerprint density at radius 3 is 2.38 bits per heavy atom. The standard InChI is InChI=1S/C28H25F3N4O3S/c29-22-17-21(26(31)24(30)18-22)10-12-34-13-15-35(16-14-34)28(36)20-6-8-23(9-7-20)33-39(37,38)25-5-1-3-19-4-2-11-32-27(19)25/h1-9,11,17-18,33H,10,12-16H2. The van der Waals surface area contributed by atoms with Crippen LogP contribution in [0.4, 0.5) is 18.9 Å². The van der Waals surface area contributed by atoms with Crippen molar-refractivity contribution in [1.29, 1.82) is 0 Å². The lowest BCUT2D eigenvalue weighted by molar-refractivity contribution is 0.0638. The number of rotatable bonds is 7. The summed E-state index contributed by atoms with van der Waals surface area (Å²) in [4.78, 5) is 20.9. The molecule has 0 saturated carbocycles. The Morgan fingerprint density at radius 1 is 0.923 bits per heavy atom. The average molecular weight is 555 g/mol. The van der Waals surface area contributed by atoms with Crippen LogP contribution >= 0.6 is 0 Å². The number of anilines is 1. The molecular weight excluding hydrogens is 529 g/mol. The predicted molar refractivity (Wildman–Crippen MR) is 141 cm³/mol. The van der Waals surface area contributed by atoms with Crippen molar-refractivity contribution in [3.05, 3.63) is 102 Å². The van der Waals surface area contributed by atoms with Gasteiger partial charge < -0.3 is 4.90 Å². The molecule has 0 unspecified atom stereocenters. The lowest BCUT2D eigenvalue weighted by atomic mass is 10.1. The van der Waals surface area contributed by atoms with E-state index in [-0.39, 0.29) is 22.8 Å². The number of piperazine rings is 1. The van der Waals surface area contributed by atoms with Gasteiger partial charge in [-0.3, -0.25) is 19.4 Å². The molecule has 0 atom stereocenters. The van der Waals surface area contributed by atoms with Crippen LogP contribution in [0.2, 0.25) is 0 Å². The minimum absolute atomic E-state index is 0.0153. The third-order valence-corrected chi connectivity index (χ3v) is 8.11. The second-order valence-electron chi connectivity index (χ2n) is 9.26. The van der Waals surface area contributed by atoms with E-state index in [2.05, 4.69) is 9.71 Å². The highest BCUT2D eigenvalue weighted by atomic mass is 32.2. The molecule has 1 N–H and O–H groups in total. The fourth-order valence-corrected chi connectivity index (χ4v) is 5.85. The van der Waals surface area contributed by atoms with Gasteiger partial charge in [0.1, 0.15) is 10.7 Å². The second-order valence-corrected chi connectivity index (χ2v) is 10.9. The van der Waals surface area contributed by atoms with Gasteiger partial charge in [0.15, 0.2) is 11.6 Å². The van der Waals surface area contributed by atoms with Crippen LogP contribution < -0.4 is 4.72 Å². The molecule has 7 nitrogen and oxygen atoms in total. The highest BCUT2D eigenvalue weighted by molar-refractivity contribution is 7.93. The van der Waals surface area contributed by atoms with E-state index in [0.29, 0.717) is 60.9 Å². The number of hydrogen-bond donors (Lipinski definition) is 1. The summed E-state index contributed by atoms with van der Waals surface area (Å²) >= 11 is 0. The summed E-state index contributed by atoms with van der Waals surface area (Å²) in [5, 5.41) is 0.705. The van der Waals surface area contributed by atoms with Crippen molar-refractivity contribution in [2.45, 2.75) is 11.3 Å². The first-order chi connectivity index (χ1) is 18.7. The minimum atomic E-state index is -3.91. The van der Waals surface area contributed by atoms with Crippen LogP contribution in [0.15, 0.2) is 77.8 Å². The van der Waals surface area contributed by atoms with Crippen LogP contribution in [-0.2, 0) is 16.4 Å². The molecule has 0 spiro atoms. The number of para-hydroxylation sites is 1. The maximum Gasteiger partial charge on any atom is 0.264 e. The normalized spacial score (nSPS) is 14.5. The summed E-state index contributed by atoms with van der Waals surface area (Å²) in [5.41, 5.74) is 1.07. The van der Waals surface area contributed by atoms with E-state index >= 15 is 0 Å². The SMILES string of the molecule is O=C(c1ccc(NS(=O)(=O)c2cccc3cccnc23)cc1)N1CCN(CCc2cc(F)cc(F)c2F)CC1. The summed E-state index contributed by atoms with van der Waals surface area (Å²) < 4.78 is 69.3. The van der Waals surface area contributed by atoms with Gasteiger partial charge in [-0.15, -0.1) is 0 Å².